The Kier molecular flexibility index (Phi) is 9.46. The van der Waals surface area contributed by atoms with E-state index in [0.717, 1.165) is 22.0 Å². The Hall–Kier alpha value is -5.81. The minimum Gasteiger partial charge on any atom is -0.508 e. The number of hydrogen-bond acceptors (Lipinski definition) is 8. The maximum atomic E-state index is 15.5. The zero-order chi connectivity index (χ0) is 40.5. The van der Waals surface area contributed by atoms with Gasteiger partial charge in [-0.3, -0.25) is 29.5 Å². The Labute approximate surface area is 348 Å². The number of allylic oxidation sites excluding steroid dienone is 2. The molecule has 4 amide bonds. The fourth-order valence-corrected chi connectivity index (χ4v) is 10.3. The normalized spacial score (nSPS) is 24.9. The van der Waals surface area contributed by atoms with Crippen LogP contribution in [0.4, 0.5) is 22.7 Å². The summed E-state index contributed by atoms with van der Waals surface area (Å²) in [5, 5.41) is 15.6. The highest BCUT2D eigenvalue weighted by Crippen LogP contribution is 2.65. The summed E-state index contributed by atoms with van der Waals surface area (Å²) in [6.07, 6.45) is 2.26. The van der Waals surface area contributed by atoms with Gasteiger partial charge in [0, 0.05) is 27.3 Å². The van der Waals surface area contributed by atoms with Gasteiger partial charge in [0.2, 0.25) is 11.8 Å². The first-order valence-corrected chi connectivity index (χ1v) is 19.9. The summed E-state index contributed by atoms with van der Waals surface area (Å²) in [4.78, 5) is 60.7. The molecule has 0 aromatic heterocycles. The van der Waals surface area contributed by atoms with E-state index in [2.05, 4.69) is 10.7 Å². The molecule has 0 spiro atoms. The number of phenolic OH excluding ortho intramolecular Hbond substituents is 1. The molecule has 3 fully saturated rings. The van der Waals surface area contributed by atoms with Gasteiger partial charge in [0.05, 0.1) is 46.7 Å². The molecule has 2 aliphatic carbocycles. The van der Waals surface area contributed by atoms with E-state index in [9.17, 15) is 19.5 Å². The van der Waals surface area contributed by atoms with Crippen LogP contribution in [-0.4, -0.2) is 40.9 Å². The molecule has 5 aromatic carbocycles. The Morgan fingerprint density at radius 1 is 0.759 bits per heavy atom. The lowest BCUT2D eigenvalue weighted by Gasteiger charge is -2.50. The van der Waals surface area contributed by atoms with E-state index < -0.39 is 46.8 Å². The molecule has 13 heteroatoms. The molecule has 2 heterocycles. The number of phenols is 1. The summed E-state index contributed by atoms with van der Waals surface area (Å²) in [5.74, 6) is -5.41. The minimum absolute atomic E-state index is 0.0785. The second kappa shape index (κ2) is 14.5. The molecule has 2 aliphatic heterocycles. The molecule has 0 bridgehead atoms. The average Bonchev–Trinajstić information content (AvgIpc) is 3.60. The van der Waals surface area contributed by atoms with Gasteiger partial charge >= 0.3 is 0 Å². The first-order chi connectivity index (χ1) is 28.0. The molecular formula is C45H35Cl3N4O6. The number of benzene rings is 5. The molecule has 3 N–H and O–H groups in total. The number of hydrogen-bond donors (Lipinski definition) is 3. The molecule has 6 atom stereocenters. The smallest absolute Gasteiger partial charge is 0.260 e. The van der Waals surface area contributed by atoms with Crippen molar-refractivity contribution in [2.24, 2.45) is 23.7 Å². The van der Waals surface area contributed by atoms with Gasteiger partial charge in [-0.05, 0) is 109 Å². The lowest BCUT2D eigenvalue weighted by Crippen LogP contribution is -2.53. The quantitative estimate of drug-likeness (QED) is 0.104. The lowest BCUT2D eigenvalue weighted by molar-refractivity contribution is -0.138. The number of halogens is 3. The van der Waals surface area contributed by atoms with Crippen molar-refractivity contribution < 1.29 is 29.0 Å². The summed E-state index contributed by atoms with van der Waals surface area (Å²) in [6.45, 7) is 0. The fourth-order valence-electron chi connectivity index (χ4n) is 9.57. The number of nitrogens with one attached hydrogen (secondary N) is 2. The Morgan fingerprint density at radius 3 is 2.17 bits per heavy atom. The first kappa shape index (κ1) is 37.7. The molecule has 5 aromatic rings. The number of amides is 4. The molecule has 58 heavy (non-hydrogen) atoms. The molecule has 292 valence electrons. The molecule has 2 saturated heterocycles. The summed E-state index contributed by atoms with van der Waals surface area (Å²) in [5.41, 5.74) is 5.52. The Morgan fingerprint density at radius 2 is 1.48 bits per heavy atom. The van der Waals surface area contributed by atoms with Gasteiger partial charge in [0.15, 0.2) is 0 Å². The number of ether oxygens (including phenoxy) is 1. The molecule has 9 rings (SSSR count). The zero-order valence-corrected chi connectivity index (χ0v) is 33.1. The number of fused-ring (bicyclic) bond motifs is 4. The second-order valence-corrected chi connectivity index (χ2v) is 16.2. The highest BCUT2D eigenvalue weighted by Gasteiger charge is 2.70. The van der Waals surface area contributed by atoms with E-state index in [1.165, 1.54) is 30.2 Å². The van der Waals surface area contributed by atoms with Gasteiger partial charge in [-0.25, -0.2) is 0 Å². The third kappa shape index (κ3) is 5.92. The van der Waals surface area contributed by atoms with Crippen molar-refractivity contribution in [3.8, 4) is 11.5 Å². The van der Waals surface area contributed by atoms with Crippen molar-refractivity contribution in [3.05, 3.63) is 153 Å². The Balaban J connectivity index is 1.16. The van der Waals surface area contributed by atoms with Crippen molar-refractivity contribution in [2.75, 3.05) is 22.8 Å². The van der Waals surface area contributed by atoms with Crippen LogP contribution in [0.15, 0.2) is 127 Å². The van der Waals surface area contributed by atoms with E-state index in [1.807, 2.05) is 48.5 Å². The standard InChI is InChI=1S/C45H35Cl3N4O6/c1-58-30-15-7-24(8-16-30)45-35(42(55)52(44(45)57)50-38-20-9-25(46)21-37(38)48)23-34-31(40(45)32-17-14-29(53)22-36(32)47)18-19-33-39(34)43(56)51(41(33)54)28-12-10-27(11-13-28)49-26-5-3-2-4-6-26/h2-18,20-22,33-35,39-40,49-50,53H,19,23H2,1H3. The Bertz CT molecular complexity index is 2530. The predicted molar refractivity (Wildman–Crippen MR) is 222 cm³/mol. The van der Waals surface area contributed by atoms with Gasteiger partial charge in [-0.1, -0.05) is 82.9 Å². The largest absolute Gasteiger partial charge is 0.508 e. The number of imide groups is 2. The summed E-state index contributed by atoms with van der Waals surface area (Å²) in [7, 11) is 1.54. The van der Waals surface area contributed by atoms with Crippen LogP contribution in [0.1, 0.15) is 29.9 Å². The number of carbonyl (C=O) groups excluding carboxylic acids is 4. The van der Waals surface area contributed by atoms with Crippen LogP contribution < -0.4 is 20.4 Å². The molecule has 6 unspecified atom stereocenters. The second-order valence-electron chi connectivity index (χ2n) is 15.0. The van der Waals surface area contributed by atoms with Gasteiger partial charge in [0.1, 0.15) is 11.5 Å². The topological polar surface area (TPSA) is 128 Å². The number of carbonyl (C=O) groups is 4. The summed E-state index contributed by atoms with van der Waals surface area (Å²) >= 11 is 19.8. The number of aromatic hydroxyl groups is 1. The third-order valence-electron chi connectivity index (χ3n) is 12.1. The van der Waals surface area contributed by atoms with Crippen LogP contribution in [0.2, 0.25) is 15.1 Å². The van der Waals surface area contributed by atoms with E-state index in [4.69, 9.17) is 39.5 Å². The number of anilines is 4. The molecule has 1 saturated carbocycles. The van der Waals surface area contributed by atoms with Crippen molar-refractivity contribution in [1.29, 1.82) is 0 Å². The summed E-state index contributed by atoms with van der Waals surface area (Å²) in [6, 6.07) is 33.0. The minimum atomic E-state index is -1.60. The van der Waals surface area contributed by atoms with Gasteiger partial charge < -0.3 is 15.2 Å². The predicted octanol–water partition coefficient (Wildman–Crippen LogP) is 9.29. The zero-order valence-electron chi connectivity index (χ0n) is 30.9. The first-order valence-electron chi connectivity index (χ1n) is 18.7. The van der Waals surface area contributed by atoms with Crippen molar-refractivity contribution in [2.45, 2.75) is 24.2 Å². The number of nitrogens with zero attached hydrogens (tertiary/aromatic N) is 2. The van der Waals surface area contributed by atoms with E-state index in [0.29, 0.717) is 27.6 Å². The third-order valence-corrected chi connectivity index (χ3v) is 12.9. The fraction of sp³-hybridized carbons (Fsp3) is 0.200. The lowest BCUT2D eigenvalue weighted by atomic mass is 9.49. The van der Waals surface area contributed by atoms with Crippen molar-refractivity contribution >= 4 is 81.2 Å². The number of hydrazine groups is 1. The highest BCUT2D eigenvalue weighted by atomic mass is 35.5. The van der Waals surface area contributed by atoms with Crippen LogP contribution in [0, 0.1) is 23.7 Å². The average molecular weight is 834 g/mol. The van der Waals surface area contributed by atoms with E-state index in [1.54, 1.807) is 54.6 Å². The molecule has 4 aliphatic rings. The van der Waals surface area contributed by atoms with Crippen LogP contribution in [-0.2, 0) is 24.6 Å². The van der Waals surface area contributed by atoms with Gasteiger partial charge in [-0.2, -0.15) is 5.01 Å². The number of rotatable bonds is 8. The van der Waals surface area contributed by atoms with Crippen molar-refractivity contribution in [3.63, 3.8) is 0 Å². The molecule has 10 nitrogen and oxygen atoms in total. The van der Waals surface area contributed by atoms with Crippen LogP contribution in [0.25, 0.3) is 0 Å². The molecular weight excluding hydrogens is 799 g/mol. The SMILES string of the molecule is COc1ccc(C23C(=O)N(Nc4ccc(Cl)cc4Cl)C(=O)C2CC2C(=CCC4C(=O)N(c5ccc(Nc6ccccc6)cc5)C(=O)C42)C3c2ccc(O)cc2Cl)cc1. The van der Waals surface area contributed by atoms with Crippen LogP contribution >= 0.6 is 34.8 Å². The van der Waals surface area contributed by atoms with Crippen LogP contribution in [0.5, 0.6) is 11.5 Å². The van der Waals surface area contributed by atoms with E-state index >= 15 is 4.79 Å². The number of para-hydroxylation sites is 1. The van der Waals surface area contributed by atoms with Crippen LogP contribution in [0.3, 0.4) is 0 Å². The van der Waals surface area contributed by atoms with Gasteiger partial charge in [-0.15, -0.1) is 0 Å². The van der Waals surface area contributed by atoms with Gasteiger partial charge in [0.25, 0.3) is 11.8 Å². The van der Waals surface area contributed by atoms with E-state index in [-0.39, 0.29) is 46.1 Å². The molecule has 0 radical (unpaired) electrons. The highest BCUT2D eigenvalue weighted by molar-refractivity contribution is 6.36. The summed E-state index contributed by atoms with van der Waals surface area (Å²) < 4.78 is 5.48. The maximum Gasteiger partial charge on any atom is 0.260 e. The van der Waals surface area contributed by atoms with Crippen molar-refractivity contribution in [1.82, 2.24) is 5.01 Å². The maximum absolute atomic E-state index is 15.5. The number of methoxy groups -OCH3 is 1. The monoisotopic (exact) mass is 832 g/mol.